The van der Waals surface area contributed by atoms with E-state index in [1.807, 2.05) is 18.2 Å². The Morgan fingerprint density at radius 1 is 1.42 bits per heavy atom. The minimum atomic E-state index is -0.768. The summed E-state index contributed by atoms with van der Waals surface area (Å²) in [7, 11) is 0. The van der Waals surface area contributed by atoms with Crippen LogP contribution in [0.4, 0.5) is 0 Å². The van der Waals surface area contributed by atoms with E-state index in [1.165, 1.54) is 0 Å². The first-order valence-electron chi connectivity index (χ1n) is 6.29. The monoisotopic (exact) mass is 281 g/mol. The molecule has 4 nitrogen and oxygen atoms in total. The van der Waals surface area contributed by atoms with Gasteiger partial charge in [0.05, 0.1) is 5.92 Å². The van der Waals surface area contributed by atoms with E-state index in [1.54, 1.807) is 13.0 Å². The van der Waals surface area contributed by atoms with Crippen molar-refractivity contribution in [2.75, 3.05) is 0 Å². The number of hydrogen-bond acceptors (Lipinski definition) is 3. The van der Waals surface area contributed by atoms with E-state index in [0.29, 0.717) is 11.6 Å². The van der Waals surface area contributed by atoms with Crippen LogP contribution in [0.25, 0.3) is 0 Å². The summed E-state index contributed by atoms with van der Waals surface area (Å²) in [6, 6.07) is 7.28. The molecular weight excluding hydrogens is 266 g/mol. The van der Waals surface area contributed by atoms with E-state index in [-0.39, 0.29) is 17.8 Å². The first-order chi connectivity index (χ1) is 9.08. The topological polar surface area (TPSA) is 55.4 Å². The Bertz CT molecular complexity index is 485. The molecule has 102 valence electrons. The maximum atomic E-state index is 11.8. The van der Waals surface area contributed by atoms with Gasteiger partial charge >= 0.3 is 5.97 Å². The highest BCUT2D eigenvalue weighted by molar-refractivity contribution is 6.31. The molecule has 0 spiro atoms. The van der Waals surface area contributed by atoms with Gasteiger partial charge in [0.25, 0.3) is 5.91 Å². The van der Waals surface area contributed by atoms with Crippen molar-refractivity contribution in [3.05, 3.63) is 34.9 Å². The molecule has 19 heavy (non-hydrogen) atoms. The molecule has 1 aromatic rings. The molecule has 5 heteroatoms. The average molecular weight is 282 g/mol. The van der Waals surface area contributed by atoms with Gasteiger partial charge in [0.15, 0.2) is 6.10 Å². The van der Waals surface area contributed by atoms with Crippen LogP contribution in [0.2, 0.25) is 5.02 Å². The van der Waals surface area contributed by atoms with E-state index in [9.17, 15) is 9.59 Å². The van der Waals surface area contributed by atoms with Crippen LogP contribution in [-0.4, -0.2) is 18.0 Å². The Kier molecular flexibility index (Phi) is 4.43. The number of benzene rings is 1. The first kappa shape index (κ1) is 13.9. The van der Waals surface area contributed by atoms with Gasteiger partial charge in [0.1, 0.15) is 0 Å². The molecule has 0 saturated heterocycles. The highest BCUT2D eigenvalue weighted by Gasteiger charge is 2.33. The Balaban J connectivity index is 1.80. The molecule has 0 aliphatic heterocycles. The van der Waals surface area contributed by atoms with Crippen LogP contribution in [0.3, 0.4) is 0 Å². The predicted molar refractivity (Wildman–Crippen MR) is 71.6 cm³/mol. The molecule has 1 amide bonds. The van der Waals surface area contributed by atoms with Gasteiger partial charge in [0, 0.05) is 11.6 Å². The van der Waals surface area contributed by atoms with Crippen LogP contribution in [0.15, 0.2) is 24.3 Å². The minimum Gasteiger partial charge on any atom is -0.452 e. The number of amides is 1. The second-order valence-corrected chi connectivity index (χ2v) is 5.07. The maximum Gasteiger partial charge on any atom is 0.309 e. The van der Waals surface area contributed by atoms with E-state index >= 15 is 0 Å². The fourth-order valence-corrected chi connectivity index (χ4v) is 1.81. The van der Waals surface area contributed by atoms with Crippen molar-refractivity contribution in [1.82, 2.24) is 5.32 Å². The largest absolute Gasteiger partial charge is 0.452 e. The summed E-state index contributed by atoms with van der Waals surface area (Å²) >= 11 is 5.98. The normalized spacial score (nSPS) is 15.7. The minimum absolute atomic E-state index is 0.00109. The van der Waals surface area contributed by atoms with E-state index in [0.717, 1.165) is 18.4 Å². The molecule has 1 fully saturated rings. The van der Waals surface area contributed by atoms with Gasteiger partial charge in [0.2, 0.25) is 0 Å². The third kappa shape index (κ3) is 3.96. The molecule has 0 aromatic heterocycles. The number of carbonyl (C=O) groups is 2. The zero-order chi connectivity index (χ0) is 13.8. The third-order valence-electron chi connectivity index (χ3n) is 2.98. The Hall–Kier alpha value is -1.55. The first-order valence-corrected chi connectivity index (χ1v) is 6.67. The highest BCUT2D eigenvalue weighted by Crippen LogP contribution is 2.30. The summed E-state index contributed by atoms with van der Waals surface area (Å²) in [5.41, 5.74) is 0.832. The molecule has 0 heterocycles. The molecule has 2 rings (SSSR count). The van der Waals surface area contributed by atoms with Crippen LogP contribution >= 0.6 is 11.6 Å². The number of carbonyl (C=O) groups excluding carboxylic acids is 2. The Labute approximate surface area is 117 Å². The van der Waals surface area contributed by atoms with Crippen molar-refractivity contribution in [1.29, 1.82) is 0 Å². The quantitative estimate of drug-likeness (QED) is 0.843. The van der Waals surface area contributed by atoms with Gasteiger partial charge in [-0.05, 0) is 31.4 Å². The SMILES string of the molecule is C[C@@H](OC(=O)C1CC1)C(=O)NCc1ccccc1Cl. The van der Waals surface area contributed by atoms with Gasteiger partial charge in [-0.25, -0.2) is 0 Å². The van der Waals surface area contributed by atoms with Crippen molar-refractivity contribution in [3.63, 3.8) is 0 Å². The molecule has 1 aliphatic carbocycles. The van der Waals surface area contributed by atoms with Crippen LogP contribution < -0.4 is 5.32 Å². The Morgan fingerprint density at radius 3 is 2.74 bits per heavy atom. The number of esters is 1. The number of halogens is 1. The van der Waals surface area contributed by atoms with Crippen molar-refractivity contribution in [2.45, 2.75) is 32.4 Å². The van der Waals surface area contributed by atoms with Gasteiger partial charge in [-0.15, -0.1) is 0 Å². The molecule has 1 aliphatic rings. The van der Waals surface area contributed by atoms with Gasteiger partial charge in [-0.1, -0.05) is 29.8 Å². The van der Waals surface area contributed by atoms with Crippen molar-refractivity contribution in [2.24, 2.45) is 5.92 Å². The standard InChI is InChI=1S/C14H16ClNO3/c1-9(19-14(18)10-6-7-10)13(17)16-8-11-4-2-3-5-12(11)15/h2-5,9-10H,6-8H2,1H3,(H,16,17)/t9-/m1/s1. The summed E-state index contributed by atoms with van der Waals surface area (Å²) in [6.45, 7) is 1.89. The van der Waals surface area contributed by atoms with E-state index in [4.69, 9.17) is 16.3 Å². The van der Waals surface area contributed by atoms with Crippen LogP contribution in [-0.2, 0) is 20.9 Å². The second kappa shape index (κ2) is 6.06. The van der Waals surface area contributed by atoms with Crippen LogP contribution in [0, 0.1) is 5.92 Å². The molecule has 1 N–H and O–H groups in total. The molecule has 0 radical (unpaired) electrons. The lowest BCUT2D eigenvalue weighted by Gasteiger charge is -2.13. The highest BCUT2D eigenvalue weighted by atomic mass is 35.5. The maximum absolute atomic E-state index is 11.8. The van der Waals surface area contributed by atoms with Crippen molar-refractivity contribution in [3.8, 4) is 0 Å². The van der Waals surface area contributed by atoms with Crippen molar-refractivity contribution >= 4 is 23.5 Å². The smallest absolute Gasteiger partial charge is 0.309 e. The molecule has 1 saturated carbocycles. The summed E-state index contributed by atoms with van der Waals surface area (Å²) in [5, 5.41) is 3.31. The van der Waals surface area contributed by atoms with Gasteiger partial charge in [-0.2, -0.15) is 0 Å². The zero-order valence-electron chi connectivity index (χ0n) is 10.7. The predicted octanol–water partition coefficient (Wildman–Crippen LogP) is 2.30. The number of nitrogens with one attached hydrogen (secondary N) is 1. The van der Waals surface area contributed by atoms with Crippen LogP contribution in [0.1, 0.15) is 25.3 Å². The number of rotatable bonds is 5. The fourth-order valence-electron chi connectivity index (χ4n) is 1.61. The summed E-state index contributed by atoms with van der Waals surface area (Å²) in [5.74, 6) is -0.590. The third-order valence-corrected chi connectivity index (χ3v) is 3.35. The molecular formula is C14H16ClNO3. The zero-order valence-corrected chi connectivity index (χ0v) is 11.4. The number of hydrogen-bond donors (Lipinski definition) is 1. The second-order valence-electron chi connectivity index (χ2n) is 4.66. The summed E-state index contributed by atoms with van der Waals surface area (Å²) < 4.78 is 5.07. The molecule has 0 bridgehead atoms. The van der Waals surface area contributed by atoms with E-state index < -0.39 is 6.10 Å². The lowest BCUT2D eigenvalue weighted by molar-refractivity contribution is -0.156. The molecule has 0 unspecified atom stereocenters. The van der Waals surface area contributed by atoms with Crippen molar-refractivity contribution < 1.29 is 14.3 Å². The molecule has 1 aromatic carbocycles. The van der Waals surface area contributed by atoms with Gasteiger partial charge in [-0.3, -0.25) is 9.59 Å². The summed E-state index contributed by atoms with van der Waals surface area (Å²) in [6.07, 6.45) is 0.968. The van der Waals surface area contributed by atoms with Gasteiger partial charge < -0.3 is 10.1 Å². The molecule has 1 atom stereocenters. The van der Waals surface area contributed by atoms with E-state index in [2.05, 4.69) is 5.32 Å². The lowest BCUT2D eigenvalue weighted by Crippen LogP contribution is -2.35. The Morgan fingerprint density at radius 2 is 2.11 bits per heavy atom. The lowest BCUT2D eigenvalue weighted by atomic mass is 10.2. The van der Waals surface area contributed by atoms with Crippen LogP contribution in [0.5, 0.6) is 0 Å². The fraction of sp³-hybridized carbons (Fsp3) is 0.429. The summed E-state index contributed by atoms with van der Waals surface area (Å²) in [4.78, 5) is 23.2. The average Bonchev–Trinajstić information content (AvgIpc) is 3.21. The number of ether oxygens (including phenoxy) is 1.